The number of para-hydroxylation sites is 1. The van der Waals surface area contributed by atoms with Gasteiger partial charge in [-0.1, -0.05) is 41.9 Å². The highest BCUT2D eigenvalue weighted by molar-refractivity contribution is 7.00. The fourth-order valence-corrected chi connectivity index (χ4v) is 3.94. The molecule has 2 aromatic heterocycles. The highest BCUT2D eigenvalue weighted by Crippen LogP contribution is 2.30. The minimum Gasteiger partial charge on any atom is -0.422 e. The minimum atomic E-state index is -0.430. The van der Waals surface area contributed by atoms with Gasteiger partial charge >= 0.3 is 5.63 Å². The van der Waals surface area contributed by atoms with Crippen LogP contribution in [0.15, 0.2) is 75.9 Å². The number of nitrogens with zero attached hydrogens (tertiary/aromatic N) is 2. The third-order valence-corrected chi connectivity index (χ3v) is 5.57. The van der Waals surface area contributed by atoms with Crippen molar-refractivity contribution in [3.05, 3.63) is 87.7 Å². The number of aromatic nitrogens is 2. The molecule has 0 aliphatic rings. The van der Waals surface area contributed by atoms with Crippen molar-refractivity contribution >= 4 is 56.9 Å². The number of rotatable bonds is 3. The lowest BCUT2D eigenvalue weighted by Gasteiger charge is -2.08. The Morgan fingerprint density at radius 3 is 2.63 bits per heavy atom. The molecule has 0 saturated carbocycles. The second-order valence-corrected chi connectivity index (χ2v) is 7.51. The van der Waals surface area contributed by atoms with Crippen molar-refractivity contribution in [1.29, 1.82) is 0 Å². The first-order chi connectivity index (χ1) is 14.6. The number of hydrogen-bond donors (Lipinski definition) is 1. The van der Waals surface area contributed by atoms with Crippen LogP contribution in [0.2, 0.25) is 5.02 Å². The first-order valence-electron chi connectivity index (χ1n) is 8.95. The lowest BCUT2D eigenvalue weighted by Crippen LogP contribution is -2.12. The second-order valence-electron chi connectivity index (χ2n) is 6.57. The summed E-state index contributed by atoms with van der Waals surface area (Å²) in [6, 6.07) is 19.2. The lowest BCUT2D eigenvalue weighted by molar-refractivity contribution is 0.102. The maximum atomic E-state index is 12.7. The fraction of sp³-hybridized carbons (Fsp3) is 0. The number of carbonyl (C=O) groups excluding carboxylic acids is 1. The van der Waals surface area contributed by atoms with Gasteiger partial charge in [0, 0.05) is 10.9 Å². The summed E-state index contributed by atoms with van der Waals surface area (Å²) in [6.07, 6.45) is 0. The third kappa shape index (κ3) is 3.24. The van der Waals surface area contributed by atoms with Gasteiger partial charge in [0.15, 0.2) is 0 Å². The molecule has 0 unspecified atom stereocenters. The van der Waals surface area contributed by atoms with Crippen LogP contribution in [0.1, 0.15) is 10.4 Å². The van der Waals surface area contributed by atoms with Gasteiger partial charge in [0.05, 0.1) is 28.0 Å². The van der Waals surface area contributed by atoms with E-state index in [-0.39, 0.29) is 5.91 Å². The van der Waals surface area contributed by atoms with Crippen molar-refractivity contribution in [3.63, 3.8) is 0 Å². The normalized spacial score (nSPS) is 11.1. The van der Waals surface area contributed by atoms with Crippen LogP contribution in [0.5, 0.6) is 0 Å². The van der Waals surface area contributed by atoms with E-state index >= 15 is 0 Å². The first kappa shape index (κ1) is 18.5. The molecule has 5 rings (SSSR count). The number of amides is 1. The maximum absolute atomic E-state index is 12.7. The van der Waals surface area contributed by atoms with E-state index < -0.39 is 5.63 Å². The van der Waals surface area contributed by atoms with Gasteiger partial charge in [-0.25, -0.2) is 4.79 Å². The van der Waals surface area contributed by atoms with E-state index in [0.717, 1.165) is 17.1 Å². The highest BCUT2D eigenvalue weighted by Gasteiger charge is 2.15. The van der Waals surface area contributed by atoms with Crippen LogP contribution in [0.25, 0.3) is 33.1 Å². The molecule has 0 aliphatic carbocycles. The molecule has 5 aromatic rings. The summed E-state index contributed by atoms with van der Waals surface area (Å²) in [7, 11) is 0. The maximum Gasteiger partial charge on any atom is 0.344 e. The molecule has 0 spiro atoms. The topological polar surface area (TPSA) is 85.1 Å². The summed E-state index contributed by atoms with van der Waals surface area (Å²) in [4.78, 5) is 25.1. The minimum absolute atomic E-state index is 0.338. The fourth-order valence-electron chi connectivity index (χ4n) is 3.20. The Labute approximate surface area is 179 Å². The predicted molar refractivity (Wildman–Crippen MR) is 118 cm³/mol. The Morgan fingerprint density at radius 1 is 1.00 bits per heavy atom. The zero-order valence-corrected chi connectivity index (χ0v) is 16.8. The molecule has 8 heteroatoms. The number of nitrogens with one attached hydrogen (secondary N) is 1. The number of benzene rings is 3. The summed E-state index contributed by atoms with van der Waals surface area (Å²) in [6.45, 7) is 0. The van der Waals surface area contributed by atoms with Gasteiger partial charge in [0.25, 0.3) is 5.91 Å². The summed E-state index contributed by atoms with van der Waals surface area (Å²) < 4.78 is 13.7. The second kappa shape index (κ2) is 7.37. The number of fused-ring (bicyclic) bond motifs is 2. The standard InChI is InChI=1S/C22H12ClN3O3S/c23-16-9-10-17-20(26-30-25-17)19(16)24-21(27)13-7-5-12(6-8-13)15-11-14-3-1-2-4-18(14)29-22(15)28/h1-11H,(H,24,27). The number of carbonyl (C=O) groups is 1. The van der Waals surface area contributed by atoms with Gasteiger partial charge in [0.1, 0.15) is 16.6 Å². The number of hydrogen-bond acceptors (Lipinski definition) is 6. The SMILES string of the molecule is O=C(Nc1c(Cl)ccc2nsnc12)c1ccc(-c2cc3ccccc3oc2=O)cc1. The van der Waals surface area contributed by atoms with Gasteiger partial charge in [-0.05, 0) is 42.0 Å². The van der Waals surface area contributed by atoms with Crippen LogP contribution in [-0.2, 0) is 0 Å². The Morgan fingerprint density at radius 2 is 1.80 bits per heavy atom. The average molecular weight is 434 g/mol. The van der Waals surface area contributed by atoms with Gasteiger partial charge in [-0.3, -0.25) is 4.79 Å². The van der Waals surface area contributed by atoms with E-state index in [1.165, 1.54) is 0 Å². The summed E-state index contributed by atoms with van der Waals surface area (Å²) in [5.74, 6) is -0.338. The van der Waals surface area contributed by atoms with Gasteiger partial charge in [0.2, 0.25) is 0 Å². The molecule has 2 heterocycles. The molecule has 0 radical (unpaired) electrons. The molecule has 1 N–H and O–H groups in total. The van der Waals surface area contributed by atoms with Crippen LogP contribution in [0, 0.1) is 0 Å². The first-order valence-corrected chi connectivity index (χ1v) is 10.1. The molecule has 30 heavy (non-hydrogen) atoms. The van der Waals surface area contributed by atoms with Crippen molar-refractivity contribution in [2.24, 2.45) is 0 Å². The molecule has 146 valence electrons. The summed E-state index contributed by atoms with van der Waals surface area (Å²) in [5.41, 5.74) is 3.25. The summed E-state index contributed by atoms with van der Waals surface area (Å²) in [5, 5.41) is 4.01. The zero-order chi connectivity index (χ0) is 20.7. The summed E-state index contributed by atoms with van der Waals surface area (Å²) >= 11 is 7.29. The van der Waals surface area contributed by atoms with E-state index in [9.17, 15) is 9.59 Å². The Hall–Kier alpha value is -3.55. The Bertz CT molecular complexity index is 1480. The van der Waals surface area contributed by atoms with Crippen LogP contribution in [0.4, 0.5) is 5.69 Å². The largest absolute Gasteiger partial charge is 0.422 e. The molecular weight excluding hydrogens is 422 g/mol. The van der Waals surface area contributed by atoms with Crippen LogP contribution >= 0.6 is 23.3 Å². The Kier molecular flexibility index (Phi) is 4.54. The van der Waals surface area contributed by atoms with Gasteiger partial charge in [-0.2, -0.15) is 8.75 Å². The van der Waals surface area contributed by atoms with Crippen LogP contribution in [-0.4, -0.2) is 14.7 Å². The molecule has 1 amide bonds. The van der Waals surface area contributed by atoms with E-state index in [1.807, 2.05) is 18.2 Å². The zero-order valence-electron chi connectivity index (χ0n) is 15.3. The van der Waals surface area contributed by atoms with Crippen molar-refractivity contribution in [1.82, 2.24) is 8.75 Å². The number of halogens is 1. The van der Waals surface area contributed by atoms with E-state index in [0.29, 0.717) is 44.0 Å². The lowest BCUT2D eigenvalue weighted by atomic mass is 10.0. The molecule has 0 bridgehead atoms. The van der Waals surface area contributed by atoms with Crippen molar-refractivity contribution < 1.29 is 9.21 Å². The van der Waals surface area contributed by atoms with E-state index in [1.54, 1.807) is 48.5 Å². The van der Waals surface area contributed by atoms with Crippen molar-refractivity contribution in [3.8, 4) is 11.1 Å². The average Bonchev–Trinajstić information content (AvgIpc) is 3.24. The van der Waals surface area contributed by atoms with Crippen molar-refractivity contribution in [2.75, 3.05) is 5.32 Å². The smallest absolute Gasteiger partial charge is 0.344 e. The van der Waals surface area contributed by atoms with Crippen LogP contribution < -0.4 is 10.9 Å². The van der Waals surface area contributed by atoms with E-state index in [2.05, 4.69) is 14.1 Å². The molecule has 0 atom stereocenters. The molecular formula is C22H12ClN3O3S. The number of anilines is 1. The van der Waals surface area contributed by atoms with Crippen molar-refractivity contribution in [2.45, 2.75) is 0 Å². The molecule has 0 fully saturated rings. The quantitative estimate of drug-likeness (QED) is 0.386. The van der Waals surface area contributed by atoms with E-state index in [4.69, 9.17) is 16.0 Å². The Balaban J connectivity index is 1.46. The third-order valence-electron chi connectivity index (χ3n) is 4.72. The van der Waals surface area contributed by atoms with Gasteiger partial charge in [-0.15, -0.1) is 0 Å². The highest BCUT2D eigenvalue weighted by atomic mass is 35.5. The molecule has 3 aromatic carbocycles. The van der Waals surface area contributed by atoms with Crippen LogP contribution in [0.3, 0.4) is 0 Å². The predicted octanol–water partition coefficient (Wildman–Crippen LogP) is 5.37. The monoisotopic (exact) mass is 433 g/mol. The van der Waals surface area contributed by atoms with Gasteiger partial charge < -0.3 is 9.73 Å². The molecule has 6 nitrogen and oxygen atoms in total. The molecule has 0 saturated heterocycles. The molecule has 0 aliphatic heterocycles.